The van der Waals surface area contributed by atoms with Crippen molar-refractivity contribution in [3.63, 3.8) is 0 Å². The van der Waals surface area contributed by atoms with Crippen molar-refractivity contribution in [2.75, 3.05) is 6.61 Å². The molecule has 132 valence electrons. The van der Waals surface area contributed by atoms with Crippen molar-refractivity contribution in [1.29, 1.82) is 0 Å². The summed E-state index contributed by atoms with van der Waals surface area (Å²) in [6, 6.07) is -0.781. The van der Waals surface area contributed by atoms with Gasteiger partial charge >= 0.3 is 12.1 Å². The summed E-state index contributed by atoms with van der Waals surface area (Å²) in [6.45, 7) is 16.9. The van der Waals surface area contributed by atoms with Crippen LogP contribution in [0.15, 0.2) is 0 Å². The predicted molar refractivity (Wildman–Crippen MR) is 90.8 cm³/mol. The molecule has 0 aliphatic rings. The van der Waals surface area contributed by atoms with E-state index in [1.54, 1.807) is 27.7 Å². The smallest absolute Gasteiger partial charge is 0.408 e. The zero-order valence-corrected chi connectivity index (χ0v) is 15.9. The van der Waals surface area contributed by atoms with E-state index in [0.717, 1.165) is 0 Å². The van der Waals surface area contributed by atoms with Gasteiger partial charge in [-0.15, -0.1) is 0 Å². The Morgan fingerprint density at radius 1 is 1.00 bits per heavy atom. The molecule has 0 saturated carbocycles. The fourth-order valence-corrected chi connectivity index (χ4v) is 1.31. The first-order valence-electron chi connectivity index (χ1n) is 7.82. The maximum absolute atomic E-state index is 12.0. The minimum absolute atomic E-state index is 0.104. The average molecular weight is 325 g/mol. The van der Waals surface area contributed by atoms with Crippen LogP contribution < -0.4 is 5.32 Å². The molecule has 1 N–H and O–H groups in total. The van der Waals surface area contributed by atoms with Crippen LogP contribution in [0.25, 0.3) is 0 Å². The summed E-state index contributed by atoms with van der Waals surface area (Å²) in [5.74, 6) is 5.76. The highest BCUT2D eigenvalue weighted by Gasteiger charge is 2.24. The Balaban J connectivity index is 4.48. The van der Waals surface area contributed by atoms with Crippen molar-refractivity contribution >= 4 is 12.1 Å². The Bertz CT molecular complexity index is 484. The standard InChI is InChI=1S/C18H31NO4/c1-13(19-15(21)23-17(5,6)7)14(20)22-12-18(8,9)11-10-16(2,3)4/h13H,12H2,1-9H3,(H,19,21)/t13-/m0/s1. The summed E-state index contributed by atoms with van der Waals surface area (Å²) < 4.78 is 10.4. The van der Waals surface area contributed by atoms with Crippen LogP contribution in [0.2, 0.25) is 0 Å². The van der Waals surface area contributed by atoms with Crippen molar-refractivity contribution in [2.24, 2.45) is 10.8 Å². The second-order valence-corrected chi connectivity index (χ2v) is 8.36. The van der Waals surface area contributed by atoms with Crippen LogP contribution in [0, 0.1) is 22.7 Å². The third-order valence-corrected chi connectivity index (χ3v) is 2.44. The van der Waals surface area contributed by atoms with Gasteiger partial charge in [0.15, 0.2) is 0 Å². The van der Waals surface area contributed by atoms with E-state index in [-0.39, 0.29) is 12.0 Å². The molecular weight excluding hydrogens is 294 g/mol. The van der Waals surface area contributed by atoms with Crippen molar-refractivity contribution in [3.05, 3.63) is 0 Å². The Kier molecular flexibility index (Phi) is 7.15. The first-order chi connectivity index (χ1) is 10.1. The number of carbonyl (C=O) groups is 2. The third-order valence-electron chi connectivity index (χ3n) is 2.44. The molecule has 5 heteroatoms. The quantitative estimate of drug-likeness (QED) is 0.634. The molecule has 0 aliphatic heterocycles. The summed E-state index contributed by atoms with van der Waals surface area (Å²) in [6.07, 6.45) is -0.645. The van der Waals surface area contributed by atoms with Gasteiger partial charge in [-0.05, 0) is 62.3 Å². The highest BCUT2D eigenvalue weighted by molar-refractivity contribution is 5.81. The zero-order chi connectivity index (χ0) is 18.5. The van der Waals surface area contributed by atoms with Gasteiger partial charge in [0.1, 0.15) is 18.2 Å². The van der Waals surface area contributed by atoms with E-state index in [2.05, 4.69) is 17.2 Å². The summed E-state index contributed by atoms with van der Waals surface area (Å²) in [5.41, 5.74) is -1.17. The normalized spacial score (nSPS) is 13.4. The lowest BCUT2D eigenvalue weighted by atomic mass is 9.91. The van der Waals surface area contributed by atoms with Crippen LogP contribution >= 0.6 is 0 Å². The molecule has 0 heterocycles. The lowest BCUT2D eigenvalue weighted by molar-refractivity contribution is -0.147. The van der Waals surface area contributed by atoms with E-state index in [1.807, 2.05) is 34.6 Å². The van der Waals surface area contributed by atoms with Gasteiger partial charge in [0.25, 0.3) is 0 Å². The van der Waals surface area contributed by atoms with Crippen LogP contribution in [-0.4, -0.2) is 30.3 Å². The molecule has 0 radical (unpaired) electrons. The highest BCUT2D eigenvalue weighted by atomic mass is 16.6. The number of nitrogens with one attached hydrogen (secondary N) is 1. The molecule has 0 aliphatic carbocycles. The zero-order valence-electron chi connectivity index (χ0n) is 15.9. The van der Waals surface area contributed by atoms with E-state index in [1.165, 1.54) is 0 Å². The van der Waals surface area contributed by atoms with Gasteiger partial charge in [-0.25, -0.2) is 9.59 Å². The van der Waals surface area contributed by atoms with E-state index in [9.17, 15) is 9.59 Å². The van der Waals surface area contributed by atoms with Crippen LogP contribution in [0.3, 0.4) is 0 Å². The molecule has 1 amide bonds. The van der Waals surface area contributed by atoms with Crippen molar-refractivity contribution < 1.29 is 19.1 Å². The molecule has 23 heavy (non-hydrogen) atoms. The minimum Gasteiger partial charge on any atom is -0.463 e. The summed E-state index contributed by atoms with van der Waals surface area (Å²) in [5, 5.41) is 2.46. The topological polar surface area (TPSA) is 64.6 Å². The summed E-state index contributed by atoms with van der Waals surface area (Å²) in [7, 11) is 0. The van der Waals surface area contributed by atoms with E-state index < -0.39 is 29.1 Å². The SMILES string of the molecule is C[C@H](NC(=O)OC(C)(C)C)C(=O)OCC(C)(C)C#CC(C)(C)C. The Morgan fingerprint density at radius 3 is 1.96 bits per heavy atom. The summed E-state index contributed by atoms with van der Waals surface area (Å²) in [4.78, 5) is 23.6. The van der Waals surface area contributed by atoms with Crippen molar-refractivity contribution in [1.82, 2.24) is 5.32 Å². The number of esters is 1. The van der Waals surface area contributed by atoms with Crippen molar-refractivity contribution in [2.45, 2.75) is 74.0 Å². The third kappa shape index (κ3) is 11.5. The van der Waals surface area contributed by atoms with E-state index in [0.29, 0.717) is 0 Å². The highest BCUT2D eigenvalue weighted by Crippen LogP contribution is 2.17. The molecule has 0 aromatic heterocycles. The predicted octanol–water partition coefficient (Wildman–Crippen LogP) is 3.52. The van der Waals surface area contributed by atoms with Gasteiger partial charge in [-0.3, -0.25) is 0 Å². The lowest BCUT2D eigenvalue weighted by Crippen LogP contribution is -2.43. The van der Waals surface area contributed by atoms with E-state index in [4.69, 9.17) is 9.47 Å². The number of hydrogen-bond donors (Lipinski definition) is 1. The van der Waals surface area contributed by atoms with Crippen molar-refractivity contribution in [3.8, 4) is 11.8 Å². The Morgan fingerprint density at radius 2 is 1.52 bits per heavy atom. The molecule has 0 unspecified atom stereocenters. The molecule has 0 rings (SSSR count). The van der Waals surface area contributed by atoms with E-state index >= 15 is 0 Å². The molecule has 1 atom stereocenters. The lowest BCUT2D eigenvalue weighted by Gasteiger charge is -2.23. The molecule has 0 aromatic carbocycles. The maximum atomic E-state index is 12.0. The van der Waals surface area contributed by atoms with Gasteiger partial charge in [-0.1, -0.05) is 11.8 Å². The average Bonchev–Trinajstić information content (AvgIpc) is 2.30. The molecule has 0 spiro atoms. The second kappa shape index (κ2) is 7.72. The first-order valence-corrected chi connectivity index (χ1v) is 7.82. The largest absolute Gasteiger partial charge is 0.463 e. The fraction of sp³-hybridized carbons (Fsp3) is 0.778. The molecule has 0 bridgehead atoms. The fourth-order valence-electron chi connectivity index (χ4n) is 1.31. The van der Waals surface area contributed by atoms with Gasteiger partial charge in [-0.2, -0.15) is 0 Å². The van der Waals surface area contributed by atoms with Crippen LogP contribution in [0.5, 0.6) is 0 Å². The van der Waals surface area contributed by atoms with Gasteiger partial charge in [0.05, 0.1) is 5.41 Å². The van der Waals surface area contributed by atoms with Crippen LogP contribution in [0.4, 0.5) is 4.79 Å². The Labute approximate surface area is 140 Å². The molecular formula is C18H31NO4. The van der Waals surface area contributed by atoms with Gasteiger partial charge in [0, 0.05) is 5.41 Å². The first kappa shape index (κ1) is 21.3. The maximum Gasteiger partial charge on any atom is 0.408 e. The minimum atomic E-state index is -0.781. The molecule has 0 aromatic rings. The number of carbonyl (C=O) groups excluding carboxylic acids is 2. The molecule has 0 fully saturated rings. The van der Waals surface area contributed by atoms with Gasteiger partial charge < -0.3 is 14.8 Å². The number of hydrogen-bond acceptors (Lipinski definition) is 4. The Hall–Kier alpha value is -1.70. The summed E-state index contributed by atoms with van der Waals surface area (Å²) >= 11 is 0. The second-order valence-electron chi connectivity index (χ2n) is 8.36. The number of rotatable bonds is 4. The molecule has 5 nitrogen and oxygen atoms in total. The molecule has 0 saturated heterocycles. The number of ether oxygens (including phenoxy) is 2. The van der Waals surface area contributed by atoms with Crippen LogP contribution in [0.1, 0.15) is 62.3 Å². The van der Waals surface area contributed by atoms with Crippen LogP contribution in [-0.2, 0) is 14.3 Å². The number of alkyl carbamates (subject to hydrolysis) is 1. The monoisotopic (exact) mass is 325 g/mol. The number of amides is 1. The van der Waals surface area contributed by atoms with Gasteiger partial charge in [0.2, 0.25) is 0 Å².